The Balaban J connectivity index is 1.80. The van der Waals surface area contributed by atoms with Gasteiger partial charge in [0.05, 0.1) is 12.6 Å². The Kier molecular flexibility index (Phi) is 8.82. The summed E-state index contributed by atoms with van der Waals surface area (Å²) in [6, 6.07) is 5.07. The van der Waals surface area contributed by atoms with Gasteiger partial charge in [0, 0.05) is 23.1 Å². The van der Waals surface area contributed by atoms with Crippen molar-refractivity contribution >= 4 is 29.2 Å². The van der Waals surface area contributed by atoms with Gasteiger partial charge in [-0.25, -0.2) is 0 Å². The molecule has 0 saturated carbocycles. The number of benzene rings is 1. The summed E-state index contributed by atoms with van der Waals surface area (Å²) in [4.78, 5) is 6.96. The third-order valence-electron chi connectivity index (χ3n) is 4.18. The molecule has 0 radical (unpaired) electrons. The predicted molar refractivity (Wildman–Crippen MR) is 106 cm³/mol. The Morgan fingerprint density at radius 2 is 1.88 bits per heavy atom. The largest absolute Gasteiger partial charge is 0.386 e. The fraction of sp³-hybridized carbons (Fsp3) is 0.611. The molecule has 3 N–H and O–H groups in total. The van der Waals surface area contributed by atoms with Crippen molar-refractivity contribution in [1.82, 2.24) is 15.5 Å². The molecule has 140 valence electrons. The molecule has 1 aromatic carbocycles. The Labute approximate surface area is 160 Å². The van der Waals surface area contributed by atoms with Crippen molar-refractivity contribution in [2.24, 2.45) is 4.99 Å². The molecular formula is C18H28Cl2N4O. The molecule has 25 heavy (non-hydrogen) atoms. The number of likely N-dealkylation sites (tertiary alicyclic amines) is 1. The molecule has 1 saturated heterocycles. The van der Waals surface area contributed by atoms with Gasteiger partial charge in [-0.2, -0.15) is 0 Å². The molecule has 1 unspecified atom stereocenters. The van der Waals surface area contributed by atoms with E-state index in [0.29, 0.717) is 15.6 Å². The van der Waals surface area contributed by atoms with Crippen molar-refractivity contribution < 1.29 is 5.11 Å². The van der Waals surface area contributed by atoms with Crippen LogP contribution in [0.25, 0.3) is 0 Å². The number of guanidine groups is 1. The third kappa shape index (κ3) is 7.40. The summed E-state index contributed by atoms with van der Waals surface area (Å²) in [5.41, 5.74) is 0.672. The van der Waals surface area contributed by atoms with Crippen molar-refractivity contribution in [2.45, 2.75) is 32.3 Å². The summed E-state index contributed by atoms with van der Waals surface area (Å²) in [7, 11) is 0. The Morgan fingerprint density at radius 3 is 2.52 bits per heavy atom. The van der Waals surface area contributed by atoms with Crippen LogP contribution in [0.1, 0.15) is 37.9 Å². The molecule has 0 amide bonds. The number of aliphatic imine (C=N–C) groups is 1. The summed E-state index contributed by atoms with van der Waals surface area (Å²) in [6.45, 7) is 7.48. The standard InChI is InChI=1S/C18H28Cl2N4O/c1-2-21-18(22-6-5-9-24-7-3-4-8-24)23-13-17(25)14-10-15(19)12-16(20)11-14/h10-12,17,25H,2-9,13H2,1H3,(H2,21,22,23). The SMILES string of the molecule is CCNC(=NCC(O)c1cc(Cl)cc(Cl)c1)NCCCN1CCCC1. The normalized spacial score (nSPS) is 16.9. The number of hydrogen-bond acceptors (Lipinski definition) is 3. The van der Waals surface area contributed by atoms with Gasteiger partial charge in [0.15, 0.2) is 5.96 Å². The zero-order valence-corrected chi connectivity index (χ0v) is 16.3. The van der Waals surface area contributed by atoms with E-state index in [-0.39, 0.29) is 6.54 Å². The average molecular weight is 387 g/mol. The summed E-state index contributed by atoms with van der Waals surface area (Å²) in [6.07, 6.45) is 2.99. The Morgan fingerprint density at radius 1 is 1.20 bits per heavy atom. The molecule has 1 atom stereocenters. The van der Waals surface area contributed by atoms with Crippen LogP contribution < -0.4 is 10.6 Å². The topological polar surface area (TPSA) is 59.9 Å². The minimum Gasteiger partial charge on any atom is -0.386 e. The van der Waals surface area contributed by atoms with E-state index in [1.165, 1.54) is 25.9 Å². The molecule has 5 nitrogen and oxygen atoms in total. The average Bonchev–Trinajstić information content (AvgIpc) is 3.08. The second kappa shape index (κ2) is 10.9. The van der Waals surface area contributed by atoms with Crippen molar-refractivity contribution in [3.63, 3.8) is 0 Å². The lowest BCUT2D eigenvalue weighted by atomic mass is 10.1. The highest BCUT2D eigenvalue weighted by Gasteiger charge is 2.11. The number of aliphatic hydroxyl groups excluding tert-OH is 1. The van der Waals surface area contributed by atoms with Crippen LogP contribution in [0.4, 0.5) is 0 Å². The van der Waals surface area contributed by atoms with Crippen molar-refractivity contribution in [3.05, 3.63) is 33.8 Å². The molecular weight excluding hydrogens is 359 g/mol. The van der Waals surface area contributed by atoms with E-state index >= 15 is 0 Å². The minimum atomic E-state index is -0.740. The van der Waals surface area contributed by atoms with Gasteiger partial charge < -0.3 is 20.6 Å². The van der Waals surface area contributed by atoms with E-state index in [0.717, 1.165) is 32.0 Å². The number of hydrogen-bond donors (Lipinski definition) is 3. The third-order valence-corrected chi connectivity index (χ3v) is 4.61. The van der Waals surface area contributed by atoms with E-state index in [1.54, 1.807) is 18.2 Å². The van der Waals surface area contributed by atoms with Gasteiger partial charge in [0.25, 0.3) is 0 Å². The zero-order valence-electron chi connectivity index (χ0n) is 14.8. The molecule has 1 aromatic rings. The maximum atomic E-state index is 10.3. The number of nitrogens with zero attached hydrogens (tertiary/aromatic N) is 2. The maximum absolute atomic E-state index is 10.3. The molecule has 1 aliphatic heterocycles. The lowest BCUT2D eigenvalue weighted by Gasteiger charge is -2.16. The summed E-state index contributed by atoms with van der Waals surface area (Å²) in [5, 5.41) is 17.9. The molecule has 1 heterocycles. The van der Waals surface area contributed by atoms with Crippen LogP contribution in [0.3, 0.4) is 0 Å². The summed E-state index contributed by atoms with van der Waals surface area (Å²) < 4.78 is 0. The molecule has 0 spiro atoms. The monoisotopic (exact) mass is 386 g/mol. The van der Waals surface area contributed by atoms with Gasteiger partial charge >= 0.3 is 0 Å². The first kappa shape index (κ1) is 20.3. The van der Waals surface area contributed by atoms with E-state index in [9.17, 15) is 5.11 Å². The van der Waals surface area contributed by atoms with E-state index in [1.807, 2.05) is 6.92 Å². The molecule has 1 fully saturated rings. The minimum absolute atomic E-state index is 0.248. The highest BCUT2D eigenvalue weighted by atomic mass is 35.5. The second-order valence-corrected chi connectivity index (χ2v) is 7.14. The van der Waals surface area contributed by atoms with Gasteiger partial charge in [-0.05, 0) is 69.6 Å². The predicted octanol–water partition coefficient (Wildman–Crippen LogP) is 3.07. The smallest absolute Gasteiger partial charge is 0.191 e. The van der Waals surface area contributed by atoms with Gasteiger partial charge in [-0.15, -0.1) is 0 Å². The number of halogens is 2. The van der Waals surface area contributed by atoms with Crippen LogP contribution in [0.5, 0.6) is 0 Å². The molecule has 7 heteroatoms. The quantitative estimate of drug-likeness (QED) is 0.365. The highest BCUT2D eigenvalue weighted by molar-refractivity contribution is 6.34. The van der Waals surface area contributed by atoms with Gasteiger partial charge in [-0.1, -0.05) is 23.2 Å². The van der Waals surface area contributed by atoms with Crippen LogP contribution >= 0.6 is 23.2 Å². The summed E-state index contributed by atoms with van der Waals surface area (Å²) >= 11 is 12.0. The Bertz CT molecular complexity index is 542. The van der Waals surface area contributed by atoms with Crippen LogP contribution in [-0.4, -0.2) is 55.2 Å². The van der Waals surface area contributed by atoms with Gasteiger partial charge in [0.1, 0.15) is 0 Å². The first-order valence-electron chi connectivity index (χ1n) is 8.97. The Hall–Kier alpha value is -1.01. The number of aliphatic hydroxyl groups is 1. The summed E-state index contributed by atoms with van der Waals surface area (Å²) in [5.74, 6) is 0.719. The van der Waals surface area contributed by atoms with Crippen LogP contribution in [-0.2, 0) is 0 Å². The first-order chi connectivity index (χ1) is 12.1. The molecule has 2 rings (SSSR count). The lowest BCUT2D eigenvalue weighted by Crippen LogP contribution is -2.39. The highest BCUT2D eigenvalue weighted by Crippen LogP contribution is 2.23. The van der Waals surface area contributed by atoms with Crippen LogP contribution in [0.15, 0.2) is 23.2 Å². The molecule has 0 aromatic heterocycles. The van der Waals surface area contributed by atoms with E-state index in [4.69, 9.17) is 23.2 Å². The first-order valence-corrected chi connectivity index (χ1v) is 9.72. The fourth-order valence-electron chi connectivity index (χ4n) is 2.91. The molecule has 0 bridgehead atoms. The number of nitrogens with one attached hydrogen (secondary N) is 2. The fourth-order valence-corrected chi connectivity index (χ4v) is 3.45. The maximum Gasteiger partial charge on any atom is 0.191 e. The number of rotatable bonds is 8. The molecule has 0 aliphatic carbocycles. The van der Waals surface area contributed by atoms with Gasteiger partial charge in [0.2, 0.25) is 0 Å². The zero-order chi connectivity index (χ0) is 18.1. The van der Waals surface area contributed by atoms with E-state index < -0.39 is 6.10 Å². The van der Waals surface area contributed by atoms with E-state index in [2.05, 4.69) is 20.5 Å². The van der Waals surface area contributed by atoms with Crippen LogP contribution in [0, 0.1) is 0 Å². The van der Waals surface area contributed by atoms with Crippen molar-refractivity contribution in [1.29, 1.82) is 0 Å². The second-order valence-electron chi connectivity index (χ2n) is 6.27. The molecule has 1 aliphatic rings. The lowest BCUT2D eigenvalue weighted by molar-refractivity contribution is 0.187. The van der Waals surface area contributed by atoms with Gasteiger partial charge in [-0.3, -0.25) is 4.99 Å². The van der Waals surface area contributed by atoms with Crippen molar-refractivity contribution in [2.75, 3.05) is 39.3 Å². The van der Waals surface area contributed by atoms with Crippen molar-refractivity contribution in [3.8, 4) is 0 Å². The van der Waals surface area contributed by atoms with Crippen LogP contribution in [0.2, 0.25) is 10.0 Å².